The number of nitrogens with zero attached hydrogens (tertiary/aromatic N) is 2. The van der Waals surface area contributed by atoms with Crippen LogP contribution in [-0.4, -0.2) is 25.8 Å². The molecule has 0 N–H and O–H groups in total. The lowest BCUT2D eigenvalue weighted by atomic mass is 10.2. The molecule has 1 heterocycles. The van der Waals surface area contributed by atoms with Crippen LogP contribution in [0.1, 0.15) is 5.56 Å². The second kappa shape index (κ2) is 6.33. The van der Waals surface area contributed by atoms with E-state index in [9.17, 15) is 12.8 Å². The van der Waals surface area contributed by atoms with Gasteiger partial charge >= 0.3 is 0 Å². The summed E-state index contributed by atoms with van der Waals surface area (Å²) in [6, 6.07) is 10.2. The Hall–Kier alpha value is -2.46. The minimum absolute atomic E-state index is 0.0716. The van der Waals surface area contributed by atoms with Gasteiger partial charge in [0.05, 0.1) is 28.5 Å². The van der Waals surface area contributed by atoms with E-state index in [0.29, 0.717) is 0 Å². The maximum atomic E-state index is 12.6. The minimum Gasteiger partial charge on any atom is -0.491 e. The number of ether oxygens (including phenoxy) is 1. The Kier molecular flexibility index (Phi) is 4.50. The SMILES string of the molecule is N#Cc1cccc(S(=O)(=O)CCOc2ccc(F)nc2)c1. The summed E-state index contributed by atoms with van der Waals surface area (Å²) in [5.74, 6) is -0.597. The number of hydrogen-bond donors (Lipinski definition) is 0. The van der Waals surface area contributed by atoms with E-state index in [0.717, 1.165) is 6.07 Å². The van der Waals surface area contributed by atoms with Gasteiger partial charge < -0.3 is 4.74 Å². The van der Waals surface area contributed by atoms with E-state index >= 15 is 0 Å². The van der Waals surface area contributed by atoms with E-state index in [-0.39, 0.29) is 28.6 Å². The Morgan fingerprint density at radius 3 is 2.76 bits per heavy atom. The molecule has 0 aliphatic rings. The molecule has 2 aromatic rings. The van der Waals surface area contributed by atoms with Gasteiger partial charge in [-0.15, -0.1) is 0 Å². The summed E-state index contributed by atoms with van der Waals surface area (Å²) in [5, 5.41) is 8.77. The topological polar surface area (TPSA) is 80.0 Å². The highest BCUT2D eigenvalue weighted by Crippen LogP contribution is 2.14. The fourth-order valence-electron chi connectivity index (χ4n) is 1.59. The third kappa shape index (κ3) is 4.00. The van der Waals surface area contributed by atoms with Gasteiger partial charge in [0.1, 0.15) is 12.4 Å². The van der Waals surface area contributed by atoms with Gasteiger partial charge in [-0.3, -0.25) is 0 Å². The lowest BCUT2D eigenvalue weighted by Gasteiger charge is -2.07. The molecule has 0 bridgehead atoms. The smallest absolute Gasteiger partial charge is 0.213 e. The van der Waals surface area contributed by atoms with Crippen LogP contribution in [0.25, 0.3) is 0 Å². The van der Waals surface area contributed by atoms with Crippen LogP contribution < -0.4 is 4.74 Å². The van der Waals surface area contributed by atoms with Crippen molar-refractivity contribution in [2.45, 2.75) is 4.90 Å². The molecule has 0 saturated carbocycles. The first-order valence-corrected chi connectivity index (χ1v) is 7.64. The Morgan fingerprint density at radius 1 is 1.29 bits per heavy atom. The number of nitriles is 1. The van der Waals surface area contributed by atoms with Crippen molar-refractivity contribution in [3.05, 3.63) is 54.1 Å². The van der Waals surface area contributed by atoms with Crippen molar-refractivity contribution in [1.29, 1.82) is 5.26 Å². The molecule has 21 heavy (non-hydrogen) atoms. The fourth-order valence-corrected chi connectivity index (χ4v) is 2.72. The number of sulfone groups is 1. The lowest BCUT2D eigenvalue weighted by Crippen LogP contribution is -2.14. The molecule has 0 saturated heterocycles. The van der Waals surface area contributed by atoms with Gasteiger partial charge in [0.15, 0.2) is 9.84 Å². The van der Waals surface area contributed by atoms with Crippen LogP contribution in [0.4, 0.5) is 4.39 Å². The highest BCUT2D eigenvalue weighted by atomic mass is 32.2. The van der Waals surface area contributed by atoms with E-state index in [1.807, 2.05) is 6.07 Å². The van der Waals surface area contributed by atoms with Crippen molar-refractivity contribution >= 4 is 9.84 Å². The van der Waals surface area contributed by atoms with Crippen LogP contribution in [0, 0.1) is 17.3 Å². The van der Waals surface area contributed by atoms with E-state index in [1.54, 1.807) is 0 Å². The first-order valence-electron chi connectivity index (χ1n) is 5.98. The fraction of sp³-hybridized carbons (Fsp3) is 0.143. The summed E-state index contributed by atoms with van der Waals surface area (Å²) < 4.78 is 42.0. The summed E-state index contributed by atoms with van der Waals surface area (Å²) in [6.07, 6.45) is 1.18. The quantitative estimate of drug-likeness (QED) is 0.789. The molecule has 0 aliphatic heterocycles. The van der Waals surface area contributed by atoms with Crippen molar-refractivity contribution in [1.82, 2.24) is 4.98 Å². The molecule has 0 spiro atoms. The van der Waals surface area contributed by atoms with Gasteiger partial charge in [-0.1, -0.05) is 6.07 Å². The van der Waals surface area contributed by atoms with Crippen molar-refractivity contribution in [3.63, 3.8) is 0 Å². The second-order valence-electron chi connectivity index (χ2n) is 4.12. The molecule has 0 unspecified atom stereocenters. The van der Waals surface area contributed by atoms with Gasteiger partial charge in [-0.05, 0) is 30.3 Å². The maximum absolute atomic E-state index is 12.6. The average molecular weight is 306 g/mol. The van der Waals surface area contributed by atoms with Gasteiger partial charge in [0.25, 0.3) is 0 Å². The predicted molar refractivity (Wildman–Crippen MR) is 72.9 cm³/mol. The van der Waals surface area contributed by atoms with Crippen LogP contribution in [-0.2, 0) is 9.84 Å². The van der Waals surface area contributed by atoms with Crippen LogP contribution >= 0.6 is 0 Å². The van der Waals surface area contributed by atoms with Gasteiger partial charge in [0, 0.05) is 0 Å². The zero-order chi connectivity index (χ0) is 15.3. The first-order chi connectivity index (χ1) is 10.0. The number of hydrogen-bond acceptors (Lipinski definition) is 5. The molecule has 108 valence electrons. The molecule has 7 heteroatoms. The number of pyridine rings is 1. The van der Waals surface area contributed by atoms with E-state index in [1.165, 1.54) is 36.5 Å². The van der Waals surface area contributed by atoms with Crippen LogP contribution in [0.3, 0.4) is 0 Å². The number of benzene rings is 1. The van der Waals surface area contributed by atoms with Gasteiger partial charge in [0.2, 0.25) is 5.95 Å². The normalized spacial score (nSPS) is 10.9. The van der Waals surface area contributed by atoms with E-state index in [2.05, 4.69) is 4.98 Å². The Balaban J connectivity index is 2.01. The predicted octanol–water partition coefficient (Wildman–Crippen LogP) is 1.95. The van der Waals surface area contributed by atoms with Crippen molar-refractivity contribution in [2.75, 3.05) is 12.4 Å². The minimum atomic E-state index is -3.54. The molecule has 1 aromatic carbocycles. The molecular weight excluding hydrogens is 295 g/mol. The maximum Gasteiger partial charge on any atom is 0.213 e. The van der Waals surface area contributed by atoms with Crippen molar-refractivity contribution < 1.29 is 17.5 Å². The lowest BCUT2D eigenvalue weighted by molar-refractivity contribution is 0.338. The largest absolute Gasteiger partial charge is 0.491 e. The molecule has 0 aliphatic carbocycles. The number of halogens is 1. The summed E-state index contributed by atoms with van der Waals surface area (Å²) in [4.78, 5) is 3.47. The standard InChI is InChI=1S/C14H11FN2O3S/c15-14-5-4-12(10-17-14)20-6-7-21(18,19)13-3-1-2-11(8-13)9-16/h1-5,8,10H,6-7H2. The zero-order valence-electron chi connectivity index (χ0n) is 10.9. The molecule has 0 atom stereocenters. The summed E-state index contributed by atoms with van der Waals surface area (Å²) >= 11 is 0. The van der Waals surface area contributed by atoms with Crippen molar-refractivity contribution in [3.8, 4) is 11.8 Å². The summed E-state index contributed by atoms with van der Waals surface area (Å²) in [6.45, 7) is -0.0908. The zero-order valence-corrected chi connectivity index (χ0v) is 11.7. The number of rotatable bonds is 5. The van der Waals surface area contributed by atoms with Crippen molar-refractivity contribution in [2.24, 2.45) is 0 Å². The molecule has 0 fully saturated rings. The highest BCUT2D eigenvalue weighted by Gasteiger charge is 2.15. The third-order valence-electron chi connectivity index (χ3n) is 2.64. The molecule has 1 aromatic heterocycles. The average Bonchev–Trinajstić information content (AvgIpc) is 2.49. The Labute approximate surface area is 121 Å². The third-order valence-corrected chi connectivity index (χ3v) is 4.32. The Morgan fingerprint density at radius 2 is 2.10 bits per heavy atom. The van der Waals surface area contributed by atoms with Gasteiger partial charge in [-0.25, -0.2) is 13.4 Å². The summed E-state index contributed by atoms with van der Waals surface area (Å²) in [5.41, 5.74) is 0.278. The van der Waals surface area contributed by atoms with Crippen LogP contribution in [0.15, 0.2) is 47.5 Å². The monoisotopic (exact) mass is 306 g/mol. The number of aromatic nitrogens is 1. The second-order valence-corrected chi connectivity index (χ2v) is 6.23. The highest BCUT2D eigenvalue weighted by molar-refractivity contribution is 7.91. The molecule has 0 amide bonds. The van der Waals surface area contributed by atoms with Gasteiger partial charge in [-0.2, -0.15) is 9.65 Å². The van der Waals surface area contributed by atoms with Crippen LogP contribution in [0.2, 0.25) is 0 Å². The van der Waals surface area contributed by atoms with Crippen LogP contribution in [0.5, 0.6) is 5.75 Å². The molecule has 5 nitrogen and oxygen atoms in total. The Bertz CT molecular complexity index is 768. The molecule has 0 radical (unpaired) electrons. The molecule has 2 rings (SSSR count). The van der Waals surface area contributed by atoms with E-state index < -0.39 is 15.8 Å². The molecular formula is C14H11FN2O3S. The summed E-state index contributed by atoms with van der Waals surface area (Å²) in [7, 11) is -3.54. The first kappa shape index (κ1) is 14.9. The van der Waals surface area contributed by atoms with E-state index in [4.69, 9.17) is 10.00 Å².